The maximum absolute atomic E-state index is 13.0. The van der Waals surface area contributed by atoms with Crippen LogP contribution in [0.25, 0.3) is 17.1 Å². The highest BCUT2D eigenvalue weighted by Gasteiger charge is 2.12. The molecule has 2 aromatic heterocycles. The monoisotopic (exact) mass is 323 g/mol. The third-order valence-corrected chi connectivity index (χ3v) is 3.93. The maximum atomic E-state index is 13.0. The van der Waals surface area contributed by atoms with Crippen LogP contribution in [0.5, 0.6) is 0 Å². The van der Waals surface area contributed by atoms with Gasteiger partial charge in [0.2, 0.25) is 5.91 Å². The van der Waals surface area contributed by atoms with E-state index in [9.17, 15) is 9.18 Å². The summed E-state index contributed by atoms with van der Waals surface area (Å²) >= 11 is 0. The standard InChI is InChI=1S/C19H18FN3O/c1-12(10-15-11-22-18-17(15)4-3-9-21-18)19(24)23-13(2)14-5-7-16(20)8-6-14/h3-11,13H,1-2H3,(H,21,22)(H,23,24)/b12-10+. The van der Waals surface area contributed by atoms with Crippen LogP contribution in [-0.2, 0) is 4.79 Å². The average Bonchev–Trinajstić information content (AvgIpc) is 2.98. The molecule has 122 valence electrons. The number of nitrogens with one attached hydrogen (secondary N) is 2. The van der Waals surface area contributed by atoms with Gasteiger partial charge in [-0.2, -0.15) is 0 Å². The zero-order chi connectivity index (χ0) is 17.1. The summed E-state index contributed by atoms with van der Waals surface area (Å²) in [6.07, 6.45) is 5.38. The molecule has 0 bridgehead atoms. The Hall–Kier alpha value is -2.95. The van der Waals surface area contributed by atoms with Crippen molar-refractivity contribution in [1.82, 2.24) is 15.3 Å². The number of carbonyl (C=O) groups excluding carboxylic acids is 1. The van der Waals surface area contributed by atoms with Crippen LogP contribution in [-0.4, -0.2) is 15.9 Å². The van der Waals surface area contributed by atoms with E-state index in [2.05, 4.69) is 15.3 Å². The number of H-pyrrole nitrogens is 1. The van der Waals surface area contributed by atoms with Crippen LogP contribution >= 0.6 is 0 Å². The van der Waals surface area contributed by atoms with Crippen molar-refractivity contribution in [3.63, 3.8) is 0 Å². The lowest BCUT2D eigenvalue weighted by Crippen LogP contribution is -2.27. The van der Waals surface area contributed by atoms with E-state index in [1.165, 1.54) is 12.1 Å². The molecule has 2 heterocycles. The predicted molar refractivity (Wildman–Crippen MR) is 92.7 cm³/mol. The van der Waals surface area contributed by atoms with Gasteiger partial charge in [-0.25, -0.2) is 9.37 Å². The number of amides is 1. The summed E-state index contributed by atoms with van der Waals surface area (Å²) in [4.78, 5) is 19.7. The van der Waals surface area contributed by atoms with Crippen LogP contribution in [0, 0.1) is 5.82 Å². The number of aromatic amines is 1. The van der Waals surface area contributed by atoms with Crippen LogP contribution in [0.3, 0.4) is 0 Å². The Bertz CT molecular complexity index is 896. The molecule has 1 atom stereocenters. The van der Waals surface area contributed by atoms with Crippen molar-refractivity contribution in [2.45, 2.75) is 19.9 Å². The Kier molecular flexibility index (Phi) is 4.42. The second kappa shape index (κ2) is 6.66. The summed E-state index contributed by atoms with van der Waals surface area (Å²) in [7, 11) is 0. The minimum atomic E-state index is -0.290. The lowest BCUT2D eigenvalue weighted by molar-refractivity contribution is -0.118. The van der Waals surface area contributed by atoms with Crippen LogP contribution in [0.4, 0.5) is 4.39 Å². The molecule has 0 aliphatic carbocycles. The van der Waals surface area contributed by atoms with Gasteiger partial charge in [0, 0.05) is 28.9 Å². The molecule has 1 unspecified atom stereocenters. The first kappa shape index (κ1) is 15.9. The number of rotatable bonds is 4. The van der Waals surface area contributed by atoms with Gasteiger partial charge in [0.15, 0.2) is 0 Å². The number of carbonyl (C=O) groups is 1. The molecular formula is C19H18FN3O. The lowest BCUT2D eigenvalue weighted by Gasteiger charge is -2.14. The minimum Gasteiger partial charge on any atom is -0.346 e. The summed E-state index contributed by atoms with van der Waals surface area (Å²) in [5, 5.41) is 3.89. The smallest absolute Gasteiger partial charge is 0.247 e. The van der Waals surface area contributed by atoms with Gasteiger partial charge in [-0.1, -0.05) is 12.1 Å². The van der Waals surface area contributed by atoms with Gasteiger partial charge in [-0.15, -0.1) is 0 Å². The molecular weight excluding hydrogens is 305 g/mol. The number of hydrogen-bond donors (Lipinski definition) is 2. The van der Waals surface area contributed by atoms with E-state index in [-0.39, 0.29) is 17.8 Å². The molecule has 5 heteroatoms. The summed E-state index contributed by atoms with van der Waals surface area (Å²) < 4.78 is 13.0. The van der Waals surface area contributed by atoms with Gasteiger partial charge in [0.25, 0.3) is 0 Å². The lowest BCUT2D eigenvalue weighted by atomic mass is 10.1. The molecule has 0 radical (unpaired) electrons. The Morgan fingerprint density at radius 2 is 2.04 bits per heavy atom. The highest BCUT2D eigenvalue weighted by atomic mass is 19.1. The molecule has 1 amide bonds. The van der Waals surface area contributed by atoms with Crippen molar-refractivity contribution < 1.29 is 9.18 Å². The molecule has 0 fully saturated rings. The number of aromatic nitrogens is 2. The van der Waals surface area contributed by atoms with Crippen molar-refractivity contribution in [2.24, 2.45) is 0 Å². The van der Waals surface area contributed by atoms with E-state index < -0.39 is 0 Å². The molecule has 1 aromatic carbocycles. The minimum absolute atomic E-state index is 0.162. The Morgan fingerprint density at radius 3 is 2.79 bits per heavy atom. The quantitative estimate of drug-likeness (QED) is 0.713. The van der Waals surface area contributed by atoms with E-state index in [4.69, 9.17) is 0 Å². The summed E-state index contributed by atoms with van der Waals surface area (Å²) in [5.74, 6) is -0.452. The zero-order valence-electron chi connectivity index (χ0n) is 13.5. The van der Waals surface area contributed by atoms with Crippen LogP contribution < -0.4 is 5.32 Å². The number of pyridine rings is 1. The molecule has 0 saturated carbocycles. The molecule has 0 aliphatic rings. The molecule has 24 heavy (non-hydrogen) atoms. The summed E-state index contributed by atoms with van der Waals surface area (Å²) in [6.45, 7) is 3.63. The number of halogens is 1. The van der Waals surface area contributed by atoms with Gasteiger partial charge in [-0.3, -0.25) is 4.79 Å². The second-order valence-corrected chi connectivity index (χ2v) is 5.72. The van der Waals surface area contributed by atoms with Crippen molar-refractivity contribution in [2.75, 3.05) is 0 Å². The fourth-order valence-corrected chi connectivity index (χ4v) is 2.54. The third-order valence-electron chi connectivity index (χ3n) is 3.93. The Morgan fingerprint density at radius 1 is 1.29 bits per heavy atom. The van der Waals surface area contributed by atoms with Crippen LogP contribution in [0.1, 0.15) is 31.0 Å². The fourth-order valence-electron chi connectivity index (χ4n) is 2.54. The first-order valence-corrected chi connectivity index (χ1v) is 7.71. The van der Waals surface area contributed by atoms with Gasteiger partial charge < -0.3 is 10.3 Å². The van der Waals surface area contributed by atoms with Gasteiger partial charge >= 0.3 is 0 Å². The molecule has 3 rings (SSSR count). The van der Waals surface area contributed by atoms with Gasteiger partial charge in [0.05, 0.1) is 6.04 Å². The van der Waals surface area contributed by atoms with Gasteiger partial charge in [0.1, 0.15) is 11.5 Å². The highest BCUT2D eigenvalue weighted by molar-refractivity contribution is 6.00. The summed E-state index contributed by atoms with van der Waals surface area (Å²) in [5.41, 5.74) is 3.15. The van der Waals surface area contributed by atoms with Crippen LogP contribution in [0.15, 0.2) is 54.4 Å². The van der Waals surface area contributed by atoms with Gasteiger partial charge in [-0.05, 0) is 49.8 Å². The first-order chi connectivity index (χ1) is 11.5. The molecule has 2 N–H and O–H groups in total. The predicted octanol–water partition coefficient (Wildman–Crippen LogP) is 3.98. The average molecular weight is 323 g/mol. The van der Waals surface area contributed by atoms with Crippen molar-refractivity contribution >= 4 is 23.0 Å². The van der Waals surface area contributed by atoms with E-state index in [1.807, 2.05) is 31.3 Å². The Labute approximate surface area is 139 Å². The van der Waals surface area contributed by atoms with Crippen molar-refractivity contribution in [3.8, 4) is 0 Å². The Balaban J connectivity index is 1.75. The number of fused-ring (bicyclic) bond motifs is 1. The highest BCUT2D eigenvalue weighted by Crippen LogP contribution is 2.19. The normalized spacial score (nSPS) is 13.0. The van der Waals surface area contributed by atoms with E-state index in [0.29, 0.717) is 5.57 Å². The SMILES string of the molecule is C/C(=C\c1c[nH]c2ncccc12)C(=O)NC(C)c1ccc(F)cc1. The van der Waals surface area contributed by atoms with E-state index in [0.717, 1.165) is 22.2 Å². The topological polar surface area (TPSA) is 57.8 Å². The second-order valence-electron chi connectivity index (χ2n) is 5.72. The fraction of sp³-hybridized carbons (Fsp3) is 0.158. The molecule has 4 nitrogen and oxygen atoms in total. The maximum Gasteiger partial charge on any atom is 0.247 e. The number of hydrogen-bond acceptors (Lipinski definition) is 2. The molecule has 3 aromatic rings. The van der Waals surface area contributed by atoms with Crippen molar-refractivity contribution in [3.05, 3.63) is 71.3 Å². The first-order valence-electron chi connectivity index (χ1n) is 7.71. The van der Waals surface area contributed by atoms with E-state index in [1.54, 1.807) is 25.3 Å². The molecule has 0 saturated heterocycles. The van der Waals surface area contributed by atoms with Crippen LogP contribution in [0.2, 0.25) is 0 Å². The summed E-state index contributed by atoms with van der Waals surface area (Å²) in [6, 6.07) is 9.73. The third kappa shape index (κ3) is 3.35. The molecule has 0 aliphatic heterocycles. The van der Waals surface area contributed by atoms with E-state index >= 15 is 0 Å². The zero-order valence-corrected chi connectivity index (χ0v) is 13.5. The number of benzene rings is 1. The number of nitrogens with zero attached hydrogens (tertiary/aromatic N) is 1. The molecule has 0 spiro atoms. The largest absolute Gasteiger partial charge is 0.346 e. The van der Waals surface area contributed by atoms with Crippen molar-refractivity contribution in [1.29, 1.82) is 0 Å².